The molecule has 1 saturated carbocycles. The van der Waals surface area contributed by atoms with Gasteiger partial charge in [0, 0.05) is 49.0 Å². The summed E-state index contributed by atoms with van der Waals surface area (Å²) in [7, 11) is 0. The maximum Gasteiger partial charge on any atom is 0.190 e. The molecule has 2 fully saturated rings. The Morgan fingerprint density at radius 1 is 0.914 bits per heavy atom. The van der Waals surface area contributed by atoms with Gasteiger partial charge in [0.15, 0.2) is 27.0 Å². The van der Waals surface area contributed by atoms with E-state index in [0.29, 0.717) is 5.25 Å². The highest BCUT2D eigenvalue weighted by Crippen LogP contribution is 2.35. The number of aromatic nitrogens is 3. The molecule has 5 nitrogen and oxygen atoms in total. The second-order valence-corrected chi connectivity index (χ2v) is 11.0. The molecule has 1 atom stereocenters. The van der Waals surface area contributed by atoms with E-state index in [1.807, 2.05) is 42.9 Å². The number of benzene rings is 2. The third-order valence-corrected chi connectivity index (χ3v) is 8.57. The summed E-state index contributed by atoms with van der Waals surface area (Å²) in [6, 6.07) is 17.1. The van der Waals surface area contributed by atoms with Crippen LogP contribution in [0.3, 0.4) is 0 Å². The number of fused-ring (bicyclic) bond motifs is 1. The van der Waals surface area contributed by atoms with Crippen LogP contribution in [0.25, 0.3) is 27.9 Å². The van der Waals surface area contributed by atoms with E-state index in [-0.39, 0.29) is 0 Å². The van der Waals surface area contributed by atoms with Gasteiger partial charge in [-0.1, -0.05) is 56.7 Å². The van der Waals surface area contributed by atoms with Crippen molar-refractivity contribution in [2.45, 2.75) is 62.6 Å². The van der Waals surface area contributed by atoms with Gasteiger partial charge in [-0.05, 0) is 48.7 Å². The quantitative estimate of drug-likeness (QED) is 0.308. The van der Waals surface area contributed by atoms with Gasteiger partial charge in [-0.2, -0.15) is 9.65 Å². The molecule has 0 amide bonds. The molecular formula is C29H35N4OS+. The van der Waals surface area contributed by atoms with Crippen LogP contribution in [0, 0.1) is 0 Å². The zero-order chi connectivity index (χ0) is 24.2. The molecule has 2 aromatic carbocycles. The summed E-state index contributed by atoms with van der Waals surface area (Å²) in [5, 5.41) is 5.03. The minimum Gasteiger partial charge on any atom is -0.299 e. The Hall–Kier alpha value is -2.67. The van der Waals surface area contributed by atoms with E-state index in [0.717, 1.165) is 52.2 Å². The van der Waals surface area contributed by atoms with E-state index in [1.54, 1.807) is 0 Å². The van der Waals surface area contributed by atoms with Crippen LogP contribution in [-0.2, 0) is 17.7 Å². The summed E-state index contributed by atoms with van der Waals surface area (Å²) in [6.07, 6.45) is 12.1. The van der Waals surface area contributed by atoms with E-state index < -0.39 is 11.2 Å². The molecule has 3 heterocycles. The lowest BCUT2D eigenvalue weighted by molar-refractivity contribution is 0.221. The summed E-state index contributed by atoms with van der Waals surface area (Å²) < 4.78 is 12.4. The van der Waals surface area contributed by atoms with E-state index in [1.165, 1.54) is 37.9 Å². The highest BCUT2D eigenvalue weighted by Gasteiger charge is 2.42. The van der Waals surface area contributed by atoms with Crippen molar-refractivity contribution in [3.63, 3.8) is 0 Å². The molecule has 1 N–H and O–H groups in total. The largest absolute Gasteiger partial charge is 0.299 e. The first-order valence-electron chi connectivity index (χ1n) is 12.9. The summed E-state index contributed by atoms with van der Waals surface area (Å²) in [5.74, 6) is 0. The Morgan fingerprint density at radius 2 is 1.69 bits per heavy atom. The van der Waals surface area contributed by atoms with Crippen molar-refractivity contribution in [1.29, 1.82) is 0 Å². The molecule has 1 saturated heterocycles. The smallest absolute Gasteiger partial charge is 0.190 e. The molecule has 0 spiro atoms. The van der Waals surface area contributed by atoms with Gasteiger partial charge in [0.1, 0.15) is 0 Å². The number of hydrogen-bond acceptors (Lipinski definition) is 4. The van der Waals surface area contributed by atoms with Crippen molar-refractivity contribution in [2.24, 2.45) is 0 Å². The monoisotopic (exact) mass is 487 g/mol. The molecule has 0 radical (unpaired) electrons. The topological polar surface area (TPSA) is 53.7 Å². The van der Waals surface area contributed by atoms with Gasteiger partial charge < -0.3 is 0 Å². The van der Waals surface area contributed by atoms with E-state index in [2.05, 4.69) is 52.6 Å². The third-order valence-electron chi connectivity index (χ3n) is 6.73. The fourth-order valence-corrected chi connectivity index (χ4v) is 6.12. The van der Waals surface area contributed by atoms with Crippen LogP contribution in [0.1, 0.15) is 51.5 Å². The van der Waals surface area contributed by atoms with E-state index in [9.17, 15) is 4.55 Å². The van der Waals surface area contributed by atoms with Gasteiger partial charge in [-0.15, -0.1) is 0 Å². The van der Waals surface area contributed by atoms with Gasteiger partial charge in [0.25, 0.3) is 0 Å². The Bertz CT molecular complexity index is 1260. The van der Waals surface area contributed by atoms with Crippen molar-refractivity contribution in [3.05, 3.63) is 72.7 Å². The van der Waals surface area contributed by atoms with Gasteiger partial charge in [-0.25, -0.2) is 9.50 Å². The molecule has 2 aromatic heterocycles. The van der Waals surface area contributed by atoms with Crippen molar-refractivity contribution < 1.29 is 4.55 Å². The first-order chi connectivity index (χ1) is 17.2. The average molecular weight is 488 g/mol. The Morgan fingerprint density at radius 3 is 2.43 bits per heavy atom. The first kappa shape index (κ1) is 24.0. The Labute approximate surface area is 211 Å². The van der Waals surface area contributed by atoms with E-state index in [4.69, 9.17) is 4.98 Å². The first-order valence-corrected chi connectivity index (χ1v) is 14.2. The highest BCUT2D eigenvalue weighted by molar-refractivity contribution is 7.92. The van der Waals surface area contributed by atoms with Crippen LogP contribution in [-0.4, -0.2) is 42.4 Å². The molecular weight excluding hydrogens is 452 g/mol. The fourth-order valence-electron chi connectivity index (χ4n) is 4.68. The van der Waals surface area contributed by atoms with Crippen LogP contribution in [0.4, 0.5) is 0 Å². The van der Waals surface area contributed by atoms with Gasteiger partial charge in [-0.3, -0.25) is 4.90 Å². The van der Waals surface area contributed by atoms with Crippen molar-refractivity contribution in [1.82, 2.24) is 19.5 Å². The normalized spacial score (nSPS) is 17.1. The van der Waals surface area contributed by atoms with Crippen molar-refractivity contribution >= 4 is 16.8 Å². The zero-order valence-corrected chi connectivity index (χ0v) is 21.5. The summed E-state index contributed by atoms with van der Waals surface area (Å²) >= 11 is -0.664. The van der Waals surface area contributed by atoms with Crippen LogP contribution >= 0.6 is 0 Å². The van der Waals surface area contributed by atoms with Gasteiger partial charge in [0.2, 0.25) is 0 Å². The Kier molecular flexibility index (Phi) is 7.51. The summed E-state index contributed by atoms with van der Waals surface area (Å²) in [5.41, 5.74) is 6.46. The standard InChI is InChI=1S/C27H29N4OS.C2H6/c32-33(24-11-12-24)25-6-4-5-22(15-25)26-17-29-31-19-23(16-28-27(26)31)21-9-7-20(8-10-21)18-30-13-2-1-3-14-30;1-2/h4-10,15-17,19,24,32H,1-3,11-14,18H2;1-2H3/q+1;. The summed E-state index contributed by atoms with van der Waals surface area (Å²) in [4.78, 5) is 8.33. The second-order valence-electron chi connectivity index (χ2n) is 9.24. The minimum atomic E-state index is -0.664. The van der Waals surface area contributed by atoms with Crippen molar-refractivity contribution in [3.8, 4) is 22.3 Å². The molecule has 6 heteroatoms. The molecule has 1 aliphatic carbocycles. The van der Waals surface area contributed by atoms with Crippen molar-refractivity contribution in [2.75, 3.05) is 13.1 Å². The SMILES string of the molecule is CC.O[S+](c1cccc(-c2cnn3cc(-c4ccc(CN5CCCCC5)cc4)cnc23)c1)C1CC1. The molecule has 0 bridgehead atoms. The van der Waals surface area contributed by atoms with Crippen LogP contribution in [0.15, 0.2) is 72.0 Å². The minimum absolute atomic E-state index is 0.441. The Balaban J connectivity index is 0.00000124. The average Bonchev–Trinajstić information content (AvgIpc) is 3.69. The number of rotatable bonds is 6. The maximum absolute atomic E-state index is 10.6. The highest BCUT2D eigenvalue weighted by atomic mass is 32.2. The third kappa shape index (κ3) is 5.45. The molecule has 4 aromatic rings. The van der Waals surface area contributed by atoms with Gasteiger partial charge >= 0.3 is 0 Å². The fraction of sp³-hybridized carbons (Fsp3) is 0.379. The number of piperidine rings is 1. The predicted octanol–water partition coefficient (Wildman–Crippen LogP) is 6.69. The van der Waals surface area contributed by atoms with Gasteiger partial charge in [0.05, 0.1) is 6.20 Å². The zero-order valence-electron chi connectivity index (χ0n) is 20.7. The van der Waals surface area contributed by atoms with Crippen LogP contribution in [0.5, 0.6) is 0 Å². The molecule has 6 rings (SSSR count). The lowest BCUT2D eigenvalue weighted by atomic mass is 10.1. The molecule has 182 valence electrons. The van der Waals surface area contributed by atoms with E-state index >= 15 is 0 Å². The lowest BCUT2D eigenvalue weighted by Gasteiger charge is -2.26. The lowest BCUT2D eigenvalue weighted by Crippen LogP contribution is -2.28. The van der Waals surface area contributed by atoms with Crippen LogP contribution in [0.2, 0.25) is 0 Å². The second kappa shape index (κ2) is 10.9. The number of likely N-dealkylation sites (tertiary alicyclic amines) is 1. The number of nitrogens with zero attached hydrogens (tertiary/aromatic N) is 4. The molecule has 1 unspecified atom stereocenters. The molecule has 35 heavy (non-hydrogen) atoms. The maximum atomic E-state index is 10.6. The predicted molar refractivity (Wildman–Crippen MR) is 146 cm³/mol. The molecule has 2 aliphatic rings. The van der Waals surface area contributed by atoms with Crippen LogP contribution < -0.4 is 0 Å². The number of hydrogen-bond donors (Lipinski definition) is 1. The molecule has 1 aliphatic heterocycles. The summed E-state index contributed by atoms with van der Waals surface area (Å²) in [6.45, 7) is 7.47.